The van der Waals surface area contributed by atoms with Gasteiger partial charge >= 0.3 is 5.97 Å². The van der Waals surface area contributed by atoms with E-state index >= 15 is 0 Å². The molecule has 150 valence electrons. The first kappa shape index (κ1) is 20.2. The maximum atomic E-state index is 13.6. The van der Waals surface area contributed by atoms with Gasteiger partial charge in [0.15, 0.2) is 5.75 Å². The number of hydrogen-bond donors (Lipinski definition) is 0. The Hall–Kier alpha value is -1.52. The van der Waals surface area contributed by atoms with E-state index in [-0.39, 0.29) is 11.7 Å². The fraction of sp³-hybridized carbons (Fsp3) is 0.727. The highest BCUT2D eigenvalue weighted by molar-refractivity contribution is 5.75. The molecule has 0 radical (unpaired) electrons. The van der Waals surface area contributed by atoms with E-state index in [1.165, 1.54) is 44.9 Å². The molecule has 2 saturated carbocycles. The van der Waals surface area contributed by atoms with Crippen molar-refractivity contribution in [2.45, 2.75) is 77.6 Å². The number of hydrogen-bond acceptors (Lipinski definition) is 3. The van der Waals surface area contributed by atoms with Crippen LogP contribution in [0.1, 0.15) is 77.6 Å². The Morgan fingerprint density at radius 2 is 1.67 bits per heavy atom. The molecule has 1 aromatic heterocycles. The molecule has 2 aliphatic carbocycles. The molecule has 5 heteroatoms. The van der Waals surface area contributed by atoms with Crippen LogP contribution in [-0.2, 0) is 4.79 Å². The Morgan fingerprint density at radius 1 is 1.04 bits per heavy atom. The summed E-state index contributed by atoms with van der Waals surface area (Å²) in [6, 6.07) is 2.12. The van der Waals surface area contributed by atoms with Crippen LogP contribution >= 0.6 is 0 Å². The summed E-state index contributed by atoms with van der Waals surface area (Å²) in [4.78, 5) is 15.4. The lowest BCUT2D eigenvalue weighted by atomic mass is 9.68. The predicted octanol–water partition coefficient (Wildman–Crippen LogP) is 6.07. The van der Waals surface area contributed by atoms with E-state index < -0.39 is 17.9 Å². The average Bonchev–Trinajstić information content (AvgIpc) is 2.69. The van der Waals surface area contributed by atoms with Crippen molar-refractivity contribution in [3.8, 4) is 5.75 Å². The average molecular weight is 379 g/mol. The number of ether oxygens (including phenoxy) is 1. The molecular weight excluding hydrogens is 348 g/mol. The van der Waals surface area contributed by atoms with Gasteiger partial charge in [-0.2, -0.15) is 13.8 Å². The summed E-state index contributed by atoms with van der Waals surface area (Å²) in [6.45, 7) is 2.26. The van der Waals surface area contributed by atoms with Crippen LogP contribution in [0.25, 0.3) is 0 Å². The number of carbonyl (C=O) groups is 1. The maximum Gasteiger partial charge on any atom is 0.314 e. The number of halogens is 2. The molecule has 0 saturated heterocycles. The van der Waals surface area contributed by atoms with E-state index in [0.29, 0.717) is 5.92 Å². The van der Waals surface area contributed by atoms with Crippen LogP contribution < -0.4 is 4.74 Å². The second-order valence-electron chi connectivity index (χ2n) is 8.38. The standard InChI is InChI=1S/C22H31F2NO2/c1-2-3-4-15-5-7-16(8-6-15)17-9-11-18(12-10-17)22(26)27-19-13-14-20(23)25-21(19)24/h13-18H,2-12H2,1H3. The molecule has 0 amide bonds. The van der Waals surface area contributed by atoms with E-state index in [1.54, 1.807) is 0 Å². The van der Waals surface area contributed by atoms with E-state index in [1.807, 2.05) is 0 Å². The van der Waals surface area contributed by atoms with E-state index in [9.17, 15) is 13.6 Å². The van der Waals surface area contributed by atoms with Gasteiger partial charge in [0.05, 0.1) is 5.92 Å². The Bertz CT molecular complexity index is 621. The molecule has 0 spiro atoms. The first-order chi connectivity index (χ1) is 13.1. The lowest BCUT2D eigenvalue weighted by molar-refractivity contribution is -0.140. The molecule has 0 bridgehead atoms. The summed E-state index contributed by atoms with van der Waals surface area (Å²) in [6.07, 6.45) is 13.1. The van der Waals surface area contributed by atoms with Gasteiger partial charge in [-0.05, 0) is 68.4 Å². The van der Waals surface area contributed by atoms with Crippen LogP contribution in [0, 0.1) is 35.6 Å². The van der Waals surface area contributed by atoms with E-state index in [2.05, 4.69) is 11.9 Å². The van der Waals surface area contributed by atoms with E-state index in [4.69, 9.17) is 4.74 Å². The molecular formula is C22H31F2NO2. The molecule has 1 aromatic rings. The summed E-state index contributed by atoms with van der Waals surface area (Å²) in [5.41, 5.74) is 0. The SMILES string of the molecule is CCCCC1CCC(C2CCC(C(=O)Oc3ccc(F)nc3F)CC2)CC1. The second-order valence-corrected chi connectivity index (χ2v) is 8.38. The minimum atomic E-state index is -1.07. The van der Waals surface area contributed by atoms with Gasteiger partial charge in [0.1, 0.15) is 0 Å². The van der Waals surface area contributed by atoms with Crippen molar-refractivity contribution in [3.05, 3.63) is 24.0 Å². The van der Waals surface area contributed by atoms with Gasteiger partial charge in [0.25, 0.3) is 5.95 Å². The van der Waals surface area contributed by atoms with E-state index in [0.717, 1.165) is 49.7 Å². The van der Waals surface area contributed by atoms with Crippen molar-refractivity contribution >= 4 is 5.97 Å². The zero-order chi connectivity index (χ0) is 19.2. The van der Waals surface area contributed by atoms with Crippen molar-refractivity contribution in [2.75, 3.05) is 0 Å². The van der Waals surface area contributed by atoms with Gasteiger partial charge in [-0.1, -0.05) is 39.0 Å². The summed E-state index contributed by atoms with van der Waals surface area (Å²) < 4.78 is 31.5. The molecule has 27 heavy (non-hydrogen) atoms. The van der Waals surface area contributed by atoms with Crippen LogP contribution in [0.4, 0.5) is 8.78 Å². The highest BCUT2D eigenvalue weighted by Crippen LogP contribution is 2.42. The van der Waals surface area contributed by atoms with Gasteiger partial charge in [0, 0.05) is 0 Å². The lowest BCUT2D eigenvalue weighted by Crippen LogP contribution is -2.30. The number of pyridine rings is 1. The first-order valence-corrected chi connectivity index (χ1v) is 10.6. The molecule has 0 aromatic carbocycles. The minimum Gasteiger partial charge on any atom is -0.421 e. The van der Waals surface area contributed by atoms with Crippen LogP contribution in [0.3, 0.4) is 0 Å². The topological polar surface area (TPSA) is 39.2 Å². The smallest absolute Gasteiger partial charge is 0.314 e. The number of aromatic nitrogens is 1. The number of nitrogens with zero attached hydrogens (tertiary/aromatic N) is 1. The lowest BCUT2D eigenvalue weighted by Gasteiger charge is -2.37. The zero-order valence-electron chi connectivity index (χ0n) is 16.3. The van der Waals surface area contributed by atoms with Gasteiger partial charge in [0.2, 0.25) is 5.95 Å². The van der Waals surface area contributed by atoms with Gasteiger partial charge < -0.3 is 4.74 Å². The van der Waals surface area contributed by atoms with Crippen LogP contribution in [0.5, 0.6) is 5.75 Å². The van der Waals surface area contributed by atoms with Crippen molar-refractivity contribution in [2.24, 2.45) is 23.7 Å². The van der Waals surface area contributed by atoms with Crippen LogP contribution in [0.2, 0.25) is 0 Å². The van der Waals surface area contributed by atoms with Crippen molar-refractivity contribution in [1.29, 1.82) is 0 Å². The zero-order valence-corrected chi connectivity index (χ0v) is 16.3. The Balaban J connectivity index is 1.43. The second kappa shape index (κ2) is 9.61. The van der Waals surface area contributed by atoms with Crippen LogP contribution in [-0.4, -0.2) is 11.0 Å². The Morgan fingerprint density at radius 3 is 2.26 bits per heavy atom. The fourth-order valence-corrected chi connectivity index (χ4v) is 4.93. The Kier molecular flexibility index (Phi) is 7.20. The maximum absolute atomic E-state index is 13.6. The summed E-state index contributed by atoms with van der Waals surface area (Å²) in [5.74, 6) is -0.436. The van der Waals surface area contributed by atoms with Crippen molar-refractivity contribution in [1.82, 2.24) is 4.98 Å². The summed E-state index contributed by atoms with van der Waals surface area (Å²) in [5, 5.41) is 0. The third-order valence-corrected chi connectivity index (χ3v) is 6.62. The van der Waals surface area contributed by atoms with Crippen molar-refractivity contribution in [3.63, 3.8) is 0 Å². The van der Waals surface area contributed by atoms with Gasteiger partial charge in [-0.3, -0.25) is 4.79 Å². The predicted molar refractivity (Wildman–Crippen MR) is 100 cm³/mol. The molecule has 0 atom stereocenters. The molecule has 0 aliphatic heterocycles. The highest BCUT2D eigenvalue weighted by atomic mass is 19.1. The molecule has 0 unspecified atom stereocenters. The minimum absolute atomic E-state index is 0.188. The van der Waals surface area contributed by atoms with Crippen molar-refractivity contribution < 1.29 is 18.3 Å². The number of carbonyl (C=O) groups excluding carboxylic acids is 1. The normalized spacial score (nSPS) is 28.7. The molecule has 3 rings (SSSR count). The number of unbranched alkanes of at least 4 members (excludes halogenated alkanes) is 1. The quantitative estimate of drug-likeness (QED) is 0.445. The third-order valence-electron chi connectivity index (χ3n) is 6.62. The van der Waals surface area contributed by atoms with Gasteiger partial charge in [-0.15, -0.1) is 0 Å². The monoisotopic (exact) mass is 379 g/mol. The third kappa shape index (κ3) is 5.49. The Labute approximate surface area is 160 Å². The number of rotatable bonds is 6. The van der Waals surface area contributed by atoms with Gasteiger partial charge in [-0.25, -0.2) is 0 Å². The fourth-order valence-electron chi connectivity index (χ4n) is 4.93. The number of esters is 1. The summed E-state index contributed by atoms with van der Waals surface area (Å²) in [7, 11) is 0. The molecule has 0 N–H and O–H groups in total. The summed E-state index contributed by atoms with van der Waals surface area (Å²) >= 11 is 0. The molecule has 2 fully saturated rings. The molecule has 2 aliphatic rings. The first-order valence-electron chi connectivity index (χ1n) is 10.6. The molecule has 1 heterocycles. The molecule has 3 nitrogen and oxygen atoms in total. The highest BCUT2D eigenvalue weighted by Gasteiger charge is 2.33. The largest absolute Gasteiger partial charge is 0.421 e. The van der Waals surface area contributed by atoms with Crippen LogP contribution in [0.15, 0.2) is 12.1 Å².